The molecule has 0 radical (unpaired) electrons. The number of hydrogen-bond acceptors (Lipinski definition) is 5. The number of carbonyl (C=O) groups excluding carboxylic acids is 1. The topological polar surface area (TPSA) is 76.2 Å². The highest BCUT2D eigenvalue weighted by molar-refractivity contribution is 7.89. The summed E-state index contributed by atoms with van der Waals surface area (Å²) in [7, 11) is 2.36. The van der Waals surface area contributed by atoms with E-state index in [1.165, 1.54) is 31.2 Å². The van der Waals surface area contributed by atoms with Gasteiger partial charge in [-0.25, -0.2) is 8.42 Å². The Hall–Kier alpha value is -2.58. The molecule has 0 aromatic heterocycles. The fourth-order valence-electron chi connectivity index (χ4n) is 2.42. The van der Waals surface area contributed by atoms with Crippen molar-refractivity contribution in [1.29, 1.82) is 0 Å². The molecule has 8 heteroatoms. The van der Waals surface area contributed by atoms with Crippen LogP contribution in [0.15, 0.2) is 53.4 Å². The summed E-state index contributed by atoms with van der Waals surface area (Å²) >= 11 is 0. The van der Waals surface area contributed by atoms with Crippen LogP contribution in [-0.2, 0) is 21.4 Å². The quantitative estimate of drug-likeness (QED) is 0.687. The van der Waals surface area contributed by atoms with E-state index < -0.39 is 10.0 Å². The molecule has 146 valence electrons. The van der Waals surface area contributed by atoms with Crippen molar-refractivity contribution in [2.45, 2.75) is 11.4 Å². The fraction of sp³-hybridized carbons (Fsp3) is 0.316. The van der Waals surface area contributed by atoms with Crippen LogP contribution in [0, 0.1) is 0 Å². The van der Waals surface area contributed by atoms with Crippen molar-refractivity contribution in [3.63, 3.8) is 0 Å². The summed E-state index contributed by atoms with van der Waals surface area (Å²) in [6, 6.07) is 13.4. The SMILES string of the molecule is COc1ccc(CN(C)C(=O)CN(C)S(=O)(=O)c2ccc(OC)cc2)cc1. The van der Waals surface area contributed by atoms with Crippen LogP contribution in [-0.4, -0.2) is 58.4 Å². The minimum absolute atomic E-state index is 0.108. The van der Waals surface area contributed by atoms with E-state index in [0.29, 0.717) is 12.3 Å². The molecule has 0 atom stereocenters. The summed E-state index contributed by atoms with van der Waals surface area (Å²) in [5, 5.41) is 0. The van der Waals surface area contributed by atoms with E-state index in [0.717, 1.165) is 15.6 Å². The highest BCUT2D eigenvalue weighted by Gasteiger charge is 2.24. The lowest BCUT2D eigenvalue weighted by molar-refractivity contribution is -0.130. The summed E-state index contributed by atoms with van der Waals surface area (Å²) in [5.41, 5.74) is 0.923. The van der Waals surface area contributed by atoms with Crippen molar-refractivity contribution >= 4 is 15.9 Å². The Kier molecular flexibility index (Phi) is 6.81. The minimum atomic E-state index is -3.76. The van der Waals surface area contributed by atoms with E-state index in [1.807, 2.05) is 24.3 Å². The fourth-order valence-corrected chi connectivity index (χ4v) is 3.54. The molecule has 0 aliphatic rings. The van der Waals surface area contributed by atoms with Gasteiger partial charge >= 0.3 is 0 Å². The zero-order chi connectivity index (χ0) is 20.0. The Labute approximate surface area is 160 Å². The van der Waals surface area contributed by atoms with Gasteiger partial charge in [-0.15, -0.1) is 0 Å². The van der Waals surface area contributed by atoms with Crippen LogP contribution in [0.3, 0.4) is 0 Å². The van der Waals surface area contributed by atoms with Crippen molar-refractivity contribution < 1.29 is 22.7 Å². The molecule has 0 bridgehead atoms. The predicted molar refractivity (Wildman–Crippen MR) is 102 cm³/mol. The molecule has 0 fully saturated rings. The van der Waals surface area contributed by atoms with Gasteiger partial charge in [0.1, 0.15) is 11.5 Å². The van der Waals surface area contributed by atoms with E-state index in [4.69, 9.17) is 9.47 Å². The number of nitrogens with zero attached hydrogens (tertiary/aromatic N) is 2. The predicted octanol–water partition coefficient (Wildman–Crippen LogP) is 1.98. The second-order valence-electron chi connectivity index (χ2n) is 6.03. The molecule has 2 aromatic rings. The minimum Gasteiger partial charge on any atom is -0.497 e. The first-order valence-electron chi connectivity index (χ1n) is 8.25. The van der Waals surface area contributed by atoms with Gasteiger partial charge in [0, 0.05) is 20.6 Å². The Morgan fingerprint density at radius 1 is 0.889 bits per heavy atom. The number of benzene rings is 2. The third-order valence-electron chi connectivity index (χ3n) is 4.13. The third kappa shape index (κ3) is 5.21. The zero-order valence-electron chi connectivity index (χ0n) is 15.9. The van der Waals surface area contributed by atoms with Crippen LogP contribution >= 0.6 is 0 Å². The molecular weight excluding hydrogens is 368 g/mol. The molecule has 0 spiro atoms. The first-order valence-corrected chi connectivity index (χ1v) is 9.69. The number of ether oxygens (including phenoxy) is 2. The van der Waals surface area contributed by atoms with Crippen LogP contribution in [0.1, 0.15) is 5.56 Å². The second kappa shape index (κ2) is 8.88. The van der Waals surface area contributed by atoms with Gasteiger partial charge in [0.25, 0.3) is 0 Å². The van der Waals surface area contributed by atoms with Crippen molar-refractivity contribution in [3.05, 3.63) is 54.1 Å². The number of carbonyl (C=O) groups is 1. The first kappa shape index (κ1) is 20.7. The Morgan fingerprint density at radius 3 is 1.85 bits per heavy atom. The average molecular weight is 392 g/mol. The maximum absolute atomic E-state index is 12.6. The van der Waals surface area contributed by atoms with Gasteiger partial charge in [-0.2, -0.15) is 4.31 Å². The van der Waals surface area contributed by atoms with E-state index in [1.54, 1.807) is 26.3 Å². The molecule has 0 saturated carbocycles. The van der Waals surface area contributed by atoms with Crippen LogP contribution in [0.25, 0.3) is 0 Å². The summed E-state index contributed by atoms with van der Waals surface area (Å²) in [6.45, 7) is 0.125. The van der Waals surface area contributed by atoms with Crippen LogP contribution in [0.4, 0.5) is 0 Å². The van der Waals surface area contributed by atoms with Crippen LogP contribution in [0.2, 0.25) is 0 Å². The summed E-state index contributed by atoms with van der Waals surface area (Å²) < 4.78 is 36.4. The molecule has 0 aliphatic carbocycles. The van der Waals surface area contributed by atoms with E-state index in [2.05, 4.69) is 0 Å². The molecule has 2 aromatic carbocycles. The smallest absolute Gasteiger partial charge is 0.243 e. The van der Waals surface area contributed by atoms with E-state index in [9.17, 15) is 13.2 Å². The molecule has 0 heterocycles. The lowest BCUT2D eigenvalue weighted by Crippen LogP contribution is -2.39. The highest BCUT2D eigenvalue weighted by atomic mass is 32.2. The van der Waals surface area contributed by atoms with Gasteiger partial charge < -0.3 is 14.4 Å². The Bertz CT molecular complexity index is 864. The molecule has 0 unspecified atom stereocenters. The van der Waals surface area contributed by atoms with Gasteiger partial charge in [-0.3, -0.25) is 4.79 Å². The zero-order valence-corrected chi connectivity index (χ0v) is 16.7. The van der Waals surface area contributed by atoms with Crippen LogP contribution in [0.5, 0.6) is 11.5 Å². The average Bonchev–Trinajstić information content (AvgIpc) is 2.68. The second-order valence-corrected chi connectivity index (χ2v) is 8.08. The highest BCUT2D eigenvalue weighted by Crippen LogP contribution is 2.19. The number of methoxy groups -OCH3 is 2. The largest absolute Gasteiger partial charge is 0.497 e. The molecule has 0 saturated heterocycles. The lowest BCUT2D eigenvalue weighted by atomic mass is 10.2. The van der Waals surface area contributed by atoms with Gasteiger partial charge in [-0.05, 0) is 42.0 Å². The molecule has 7 nitrogen and oxygen atoms in total. The van der Waals surface area contributed by atoms with Gasteiger partial charge in [-0.1, -0.05) is 12.1 Å². The van der Waals surface area contributed by atoms with Gasteiger partial charge in [0.15, 0.2) is 0 Å². The van der Waals surface area contributed by atoms with Gasteiger partial charge in [0.2, 0.25) is 15.9 Å². The maximum Gasteiger partial charge on any atom is 0.243 e. The van der Waals surface area contributed by atoms with Crippen molar-refractivity contribution in [2.75, 3.05) is 34.9 Å². The standard InChI is InChI=1S/C19H24N2O5S/c1-20(13-15-5-7-16(25-3)8-6-15)19(22)14-21(2)27(23,24)18-11-9-17(26-4)10-12-18/h5-12H,13-14H2,1-4H3. The number of hydrogen-bond donors (Lipinski definition) is 0. The van der Waals surface area contributed by atoms with Crippen molar-refractivity contribution in [1.82, 2.24) is 9.21 Å². The Balaban J connectivity index is 2.01. The van der Waals surface area contributed by atoms with Gasteiger partial charge in [0.05, 0.1) is 25.7 Å². The van der Waals surface area contributed by atoms with E-state index >= 15 is 0 Å². The number of amides is 1. The normalized spacial score (nSPS) is 11.3. The molecule has 2 rings (SSSR count). The molecule has 1 amide bonds. The maximum atomic E-state index is 12.6. The van der Waals surface area contributed by atoms with Crippen LogP contribution < -0.4 is 9.47 Å². The monoisotopic (exact) mass is 392 g/mol. The first-order chi connectivity index (χ1) is 12.8. The lowest BCUT2D eigenvalue weighted by Gasteiger charge is -2.22. The molecule has 0 aliphatic heterocycles. The Morgan fingerprint density at radius 2 is 1.37 bits per heavy atom. The molecule has 0 N–H and O–H groups in total. The molecular formula is C19H24N2O5S. The summed E-state index contributed by atoms with van der Waals surface area (Å²) in [5.74, 6) is 0.996. The molecule has 27 heavy (non-hydrogen) atoms. The number of sulfonamides is 1. The van der Waals surface area contributed by atoms with Crippen molar-refractivity contribution in [2.24, 2.45) is 0 Å². The van der Waals surface area contributed by atoms with E-state index in [-0.39, 0.29) is 17.3 Å². The summed E-state index contributed by atoms with van der Waals surface area (Å²) in [4.78, 5) is 14.0. The number of likely N-dealkylation sites (N-methyl/N-ethyl adjacent to an activating group) is 2. The number of rotatable bonds is 8. The third-order valence-corrected chi connectivity index (χ3v) is 5.95. The summed E-state index contributed by atoms with van der Waals surface area (Å²) in [6.07, 6.45) is 0. The van der Waals surface area contributed by atoms with Crippen molar-refractivity contribution in [3.8, 4) is 11.5 Å².